The van der Waals surface area contributed by atoms with Gasteiger partial charge in [-0.1, -0.05) is 42.0 Å². The largest absolute Gasteiger partial charge is 0.289 e. The summed E-state index contributed by atoms with van der Waals surface area (Å²) in [6, 6.07) is 17.3. The van der Waals surface area contributed by atoms with Gasteiger partial charge in [0.25, 0.3) is 0 Å². The maximum atomic E-state index is 12.4. The molecule has 2 aromatic heterocycles. The summed E-state index contributed by atoms with van der Waals surface area (Å²) >= 11 is 0. The van der Waals surface area contributed by atoms with Crippen molar-refractivity contribution >= 4 is 22.8 Å². The average molecular weight is 340 g/mol. The van der Waals surface area contributed by atoms with Crippen molar-refractivity contribution in [1.29, 1.82) is 0 Å². The number of aryl methyl sites for hydroxylation is 1. The number of allylic oxidation sites excluding steroid dienone is 1. The minimum atomic E-state index is -0.0560. The zero-order valence-corrected chi connectivity index (χ0v) is 14.2. The van der Waals surface area contributed by atoms with E-state index in [1.165, 1.54) is 6.33 Å². The van der Waals surface area contributed by atoms with Crippen molar-refractivity contribution in [1.82, 2.24) is 19.7 Å². The van der Waals surface area contributed by atoms with Gasteiger partial charge in [-0.25, -0.2) is 14.6 Å². The molecule has 0 radical (unpaired) electrons. The van der Waals surface area contributed by atoms with Crippen LogP contribution in [-0.4, -0.2) is 25.5 Å². The van der Waals surface area contributed by atoms with Crippen LogP contribution in [0, 0.1) is 6.92 Å². The highest BCUT2D eigenvalue weighted by molar-refractivity contribution is 6.07. The van der Waals surface area contributed by atoms with E-state index in [1.54, 1.807) is 35.3 Å². The number of ketones is 1. The van der Waals surface area contributed by atoms with Gasteiger partial charge in [0.15, 0.2) is 11.6 Å². The second kappa shape index (κ2) is 6.72. The van der Waals surface area contributed by atoms with Crippen molar-refractivity contribution in [3.05, 3.63) is 90.0 Å². The maximum Gasteiger partial charge on any atom is 0.185 e. The fourth-order valence-electron chi connectivity index (χ4n) is 2.79. The van der Waals surface area contributed by atoms with Gasteiger partial charge >= 0.3 is 0 Å². The van der Waals surface area contributed by atoms with Gasteiger partial charge in [-0.3, -0.25) is 4.79 Å². The number of nitrogens with zero attached hydrogens (tertiary/aromatic N) is 4. The molecule has 0 N–H and O–H groups in total. The molecule has 5 heteroatoms. The van der Waals surface area contributed by atoms with Crippen molar-refractivity contribution in [2.75, 3.05) is 0 Å². The molecular weight excluding hydrogens is 324 g/mol. The monoisotopic (exact) mass is 340 g/mol. The smallest absolute Gasteiger partial charge is 0.185 e. The lowest BCUT2D eigenvalue weighted by molar-refractivity contribution is 0.104. The van der Waals surface area contributed by atoms with Crippen LogP contribution in [0.2, 0.25) is 0 Å². The Morgan fingerprint density at radius 2 is 1.92 bits per heavy atom. The Morgan fingerprint density at radius 3 is 2.69 bits per heavy atom. The molecule has 26 heavy (non-hydrogen) atoms. The second-order valence-corrected chi connectivity index (χ2v) is 6.00. The molecule has 4 aromatic rings. The molecule has 0 aliphatic carbocycles. The summed E-state index contributed by atoms with van der Waals surface area (Å²) in [6.07, 6.45) is 6.40. The van der Waals surface area contributed by atoms with Crippen molar-refractivity contribution in [2.24, 2.45) is 0 Å². The molecule has 0 aliphatic heterocycles. The third-order valence-electron chi connectivity index (χ3n) is 4.09. The van der Waals surface area contributed by atoms with Crippen LogP contribution in [0.4, 0.5) is 0 Å². The molecule has 0 fully saturated rings. The molecule has 0 aliphatic rings. The van der Waals surface area contributed by atoms with Crippen molar-refractivity contribution in [3.8, 4) is 5.82 Å². The van der Waals surface area contributed by atoms with E-state index in [1.807, 2.05) is 43.3 Å². The quantitative estimate of drug-likeness (QED) is 0.416. The maximum absolute atomic E-state index is 12.4. The van der Waals surface area contributed by atoms with Crippen molar-refractivity contribution < 1.29 is 4.79 Å². The van der Waals surface area contributed by atoms with Gasteiger partial charge in [0, 0.05) is 16.5 Å². The van der Waals surface area contributed by atoms with E-state index in [-0.39, 0.29) is 5.78 Å². The van der Waals surface area contributed by atoms with Crippen LogP contribution in [0.3, 0.4) is 0 Å². The van der Waals surface area contributed by atoms with Gasteiger partial charge in [-0.05, 0) is 37.3 Å². The molecule has 0 unspecified atom stereocenters. The molecule has 0 atom stereocenters. The predicted octanol–water partition coefficient (Wildman–Crippen LogP) is 4.02. The third-order valence-corrected chi connectivity index (χ3v) is 4.09. The van der Waals surface area contributed by atoms with Gasteiger partial charge < -0.3 is 0 Å². The lowest BCUT2D eigenvalue weighted by atomic mass is 10.1. The molecule has 0 saturated carbocycles. The molecule has 0 spiro atoms. The Balaban J connectivity index is 1.80. The first-order chi connectivity index (χ1) is 12.7. The lowest BCUT2D eigenvalue weighted by Crippen LogP contribution is -2.02. The van der Waals surface area contributed by atoms with Gasteiger partial charge in [-0.2, -0.15) is 5.10 Å². The van der Waals surface area contributed by atoms with Crippen LogP contribution in [0.25, 0.3) is 22.8 Å². The van der Waals surface area contributed by atoms with E-state index in [9.17, 15) is 4.79 Å². The van der Waals surface area contributed by atoms with Crippen LogP contribution in [0.15, 0.2) is 73.3 Å². The lowest BCUT2D eigenvalue weighted by Gasteiger charge is -2.08. The van der Waals surface area contributed by atoms with Crippen LogP contribution in [0.5, 0.6) is 0 Å². The number of rotatable bonds is 4. The van der Waals surface area contributed by atoms with Crippen molar-refractivity contribution in [2.45, 2.75) is 6.92 Å². The zero-order chi connectivity index (χ0) is 17.9. The minimum absolute atomic E-state index is 0.0560. The number of aromatic nitrogens is 4. The molecule has 0 bridgehead atoms. The Bertz CT molecular complexity index is 1100. The second-order valence-electron chi connectivity index (χ2n) is 6.00. The summed E-state index contributed by atoms with van der Waals surface area (Å²) in [7, 11) is 0. The van der Waals surface area contributed by atoms with Gasteiger partial charge in [-0.15, -0.1) is 0 Å². The average Bonchev–Trinajstić information content (AvgIpc) is 3.20. The van der Waals surface area contributed by atoms with E-state index in [2.05, 4.69) is 16.1 Å². The Kier molecular flexibility index (Phi) is 4.11. The first-order valence-corrected chi connectivity index (χ1v) is 8.24. The molecule has 126 valence electrons. The highest BCUT2D eigenvalue weighted by atomic mass is 16.1. The van der Waals surface area contributed by atoms with Crippen LogP contribution >= 0.6 is 0 Å². The molecular formula is C21H16N4O. The summed E-state index contributed by atoms with van der Waals surface area (Å²) in [6.45, 7) is 2.04. The Morgan fingerprint density at radius 1 is 1.08 bits per heavy atom. The first kappa shape index (κ1) is 15.9. The highest BCUT2D eigenvalue weighted by Gasteiger charge is 2.09. The molecule has 2 heterocycles. The summed E-state index contributed by atoms with van der Waals surface area (Å²) in [5.41, 5.74) is 3.48. The van der Waals surface area contributed by atoms with E-state index in [4.69, 9.17) is 4.98 Å². The number of carbonyl (C=O) groups excluding carboxylic acids is 1. The fourth-order valence-corrected chi connectivity index (χ4v) is 2.79. The van der Waals surface area contributed by atoms with Crippen LogP contribution in [-0.2, 0) is 0 Å². The number of hydrogen-bond donors (Lipinski definition) is 0. The molecule has 0 amide bonds. The standard InChI is InChI=1S/C21H16N4O/c1-15-7-9-19-18(11-15)12-17(21(24-19)25-14-22-13-23-25)8-10-20(26)16-5-3-2-4-6-16/h2-14H,1H3/b10-8+. The third kappa shape index (κ3) is 3.15. The first-order valence-electron chi connectivity index (χ1n) is 8.24. The number of fused-ring (bicyclic) bond motifs is 1. The fraction of sp³-hybridized carbons (Fsp3) is 0.0476. The van der Waals surface area contributed by atoms with E-state index in [0.717, 1.165) is 22.0 Å². The Labute approximate surface area is 150 Å². The molecule has 0 saturated heterocycles. The summed E-state index contributed by atoms with van der Waals surface area (Å²) in [4.78, 5) is 21.1. The van der Waals surface area contributed by atoms with Crippen LogP contribution < -0.4 is 0 Å². The van der Waals surface area contributed by atoms with E-state index >= 15 is 0 Å². The molecule has 2 aromatic carbocycles. The van der Waals surface area contributed by atoms with Gasteiger partial charge in [0.1, 0.15) is 12.7 Å². The number of pyridine rings is 1. The SMILES string of the molecule is Cc1ccc2nc(-n3cncn3)c(/C=C/C(=O)c3ccccc3)cc2c1. The van der Waals surface area contributed by atoms with E-state index < -0.39 is 0 Å². The zero-order valence-electron chi connectivity index (χ0n) is 14.2. The number of benzene rings is 2. The summed E-state index contributed by atoms with van der Waals surface area (Å²) in [5.74, 6) is 0.579. The summed E-state index contributed by atoms with van der Waals surface area (Å²) < 4.78 is 1.60. The highest BCUT2D eigenvalue weighted by Crippen LogP contribution is 2.22. The van der Waals surface area contributed by atoms with Crippen LogP contribution in [0.1, 0.15) is 21.5 Å². The van der Waals surface area contributed by atoms with Gasteiger partial charge in [0.2, 0.25) is 0 Å². The minimum Gasteiger partial charge on any atom is -0.289 e. The Hall–Kier alpha value is -3.60. The predicted molar refractivity (Wildman–Crippen MR) is 101 cm³/mol. The van der Waals surface area contributed by atoms with E-state index in [0.29, 0.717) is 11.4 Å². The summed E-state index contributed by atoms with van der Waals surface area (Å²) in [5, 5.41) is 5.20. The molecule has 5 nitrogen and oxygen atoms in total. The van der Waals surface area contributed by atoms with Crippen molar-refractivity contribution in [3.63, 3.8) is 0 Å². The topological polar surface area (TPSA) is 60.7 Å². The number of carbonyl (C=O) groups is 1. The normalized spacial score (nSPS) is 11.3. The van der Waals surface area contributed by atoms with Gasteiger partial charge in [0.05, 0.1) is 5.52 Å². The molecule has 4 rings (SSSR count). The number of hydrogen-bond acceptors (Lipinski definition) is 4.